The van der Waals surface area contributed by atoms with Gasteiger partial charge in [0.25, 0.3) is 0 Å². The van der Waals surface area contributed by atoms with E-state index in [1.807, 2.05) is 9.80 Å². The quantitative estimate of drug-likeness (QED) is 0.690. The molecule has 2 heterocycles. The maximum absolute atomic E-state index is 12.8. The van der Waals surface area contributed by atoms with E-state index in [2.05, 4.69) is 29.8 Å². The second kappa shape index (κ2) is 9.24. The molecule has 0 aromatic heterocycles. The van der Waals surface area contributed by atoms with Gasteiger partial charge in [-0.15, -0.1) is 0 Å². The average Bonchev–Trinajstić information content (AvgIpc) is 3.10. The molecule has 2 aliphatic heterocycles. The Balaban J connectivity index is 1.61. The van der Waals surface area contributed by atoms with E-state index >= 15 is 0 Å². The number of amides is 2. The number of methoxy groups -OCH3 is 1. The molecule has 1 aromatic rings. The highest BCUT2D eigenvalue weighted by Gasteiger charge is 2.41. The van der Waals surface area contributed by atoms with Crippen molar-refractivity contribution in [1.29, 1.82) is 0 Å². The molecule has 2 amide bonds. The van der Waals surface area contributed by atoms with Crippen molar-refractivity contribution in [3.05, 3.63) is 22.2 Å². The third-order valence-corrected chi connectivity index (χ3v) is 6.88. The maximum atomic E-state index is 12.8. The molecule has 160 valence electrons. The van der Waals surface area contributed by atoms with Crippen LogP contribution in [0.25, 0.3) is 0 Å². The molecule has 0 bridgehead atoms. The monoisotopic (exact) mass is 468 g/mol. The van der Waals surface area contributed by atoms with E-state index in [0.717, 1.165) is 24.8 Å². The van der Waals surface area contributed by atoms with Crippen molar-refractivity contribution in [1.82, 2.24) is 9.80 Å². The van der Waals surface area contributed by atoms with Gasteiger partial charge in [-0.25, -0.2) is 4.79 Å². The van der Waals surface area contributed by atoms with E-state index in [4.69, 9.17) is 9.47 Å². The number of benzene rings is 1. The minimum Gasteiger partial charge on any atom is -0.504 e. The van der Waals surface area contributed by atoms with E-state index in [1.54, 1.807) is 12.1 Å². The van der Waals surface area contributed by atoms with E-state index in [0.29, 0.717) is 35.8 Å². The molecular weight excluding hydrogens is 440 g/mol. The molecule has 0 radical (unpaired) electrons. The summed E-state index contributed by atoms with van der Waals surface area (Å²) in [6.45, 7) is 5.98. The summed E-state index contributed by atoms with van der Waals surface area (Å²) in [5.74, 6) is 0.797. The highest BCUT2D eigenvalue weighted by atomic mass is 79.9. The third-order valence-electron chi connectivity index (χ3n) is 6.15. The van der Waals surface area contributed by atoms with Gasteiger partial charge in [-0.2, -0.15) is 0 Å². The molecule has 7 nitrogen and oxygen atoms in total. The average molecular weight is 469 g/mol. The Bertz CT molecular complexity index is 764. The molecule has 0 saturated carbocycles. The number of halogens is 1. The third kappa shape index (κ3) is 4.63. The summed E-state index contributed by atoms with van der Waals surface area (Å²) in [7, 11) is 1.48. The SMILES string of the molecule is CC[C@H](C)[C@@H]1COC(=O)N1C1CCN(C(=O)Cc2cc(OC)c(O)cc2Br)CC1. The van der Waals surface area contributed by atoms with E-state index in [-0.39, 0.29) is 36.3 Å². The second-order valence-corrected chi connectivity index (χ2v) is 8.70. The lowest BCUT2D eigenvalue weighted by Gasteiger charge is -2.39. The summed E-state index contributed by atoms with van der Waals surface area (Å²) in [5, 5.41) is 9.84. The van der Waals surface area contributed by atoms with Crippen molar-refractivity contribution in [3.8, 4) is 11.5 Å². The fourth-order valence-corrected chi connectivity index (χ4v) is 4.60. The van der Waals surface area contributed by atoms with Gasteiger partial charge in [-0.05, 0) is 36.5 Å². The predicted octanol–water partition coefficient (Wildman–Crippen LogP) is 3.56. The van der Waals surface area contributed by atoms with Crippen LogP contribution in [-0.4, -0.2) is 65.8 Å². The molecule has 2 fully saturated rings. The van der Waals surface area contributed by atoms with Crippen molar-refractivity contribution in [2.75, 3.05) is 26.8 Å². The maximum Gasteiger partial charge on any atom is 0.410 e. The number of ether oxygens (including phenoxy) is 2. The van der Waals surface area contributed by atoms with Crippen molar-refractivity contribution in [2.45, 2.75) is 51.6 Å². The molecule has 2 aliphatic rings. The summed E-state index contributed by atoms with van der Waals surface area (Å²) in [5.41, 5.74) is 0.770. The lowest BCUT2D eigenvalue weighted by molar-refractivity contribution is -0.132. The van der Waals surface area contributed by atoms with Crippen molar-refractivity contribution in [2.24, 2.45) is 5.92 Å². The second-order valence-electron chi connectivity index (χ2n) is 7.84. The van der Waals surface area contributed by atoms with Crippen molar-refractivity contribution >= 4 is 27.9 Å². The zero-order chi connectivity index (χ0) is 21.1. The number of carbonyl (C=O) groups excluding carboxylic acids is 2. The Hall–Kier alpha value is -1.96. The van der Waals surface area contributed by atoms with Gasteiger partial charge in [0.15, 0.2) is 11.5 Å². The molecule has 0 unspecified atom stereocenters. The minimum absolute atomic E-state index is 0.0272. The first-order valence-electron chi connectivity index (χ1n) is 10.1. The van der Waals surface area contributed by atoms with Crippen molar-refractivity contribution < 1.29 is 24.2 Å². The number of likely N-dealkylation sites (tertiary alicyclic amines) is 1. The van der Waals surface area contributed by atoms with Crippen LogP contribution in [-0.2, 0) is 16.0 Å². The Morgan fingerprint density at radius 2 is 2.07 bits per heavy atom. The Morgan fingerprint density at radius 3 is 2.69 bits per heavy atom. The summed E-state index contributed by atoms with van der Waals surface area (Å²) in [6, 6.07) is 3.47. The summed E-state index contributed by atoms with van der Waals surface area (Å²) in [4.78, 5) is 28.8. The number of phenolic OH excluding ortho intramolecular Hbond substituents is 1. The number of carbonyl (C=O) groups is 2. The Kier molecular flexibility index (Phi) is 6.93. The number of cyclic esters (lactones) is 1. The fraction of sp³-hybridized carbons (Fsp3) is 0.619. The molecule has 0 aliphatic carbocycles. The van der Waals surface area contributed by atoms with Gasteiger partial charge in [-0.3, -0.25) is 9.69 Å². The minimum atomic E-state index is -0.222. The van der Waals surface area contributed by atoms with Gasteiger partial charge in [-0.1, -0.05) is 36.2 Å². The zero-order valence-corrected chi connectivity index (χ0v) is 18.8. The standard InChI is InChI=1S/C21H29BrN2O5/c1-4-13(2)17-12-29-21(27)24(17)15-5-7-23(8-6-15)20(26)10-14-9-19(28-3)18(25)11-16(14)22/h9,11,13,15,17,25H,4-8,10,12H2,1-3H3/t13-,17-/m0/s1. The largest absolute Gasteiger partial charge is 0.504 e. The van der Waals surface area contributed by atoms with Crippen LogP contribution in [0, 0.1) is 5.92 Å². The summed E-state index contributed by atoms with van der Waals surface area (Å²) in [6.07, 6.45) is 2.52. The van der Waals surface area contributed by atoms with Gasteiger partial charge < -0.3 is 19.5 Å². The van der Waals surface area contributed by atoms with Gasteiger partial charge in [0.05, 0.1) is 19.6 Å². The highest BCUT2D eigenvalue weighted by molar-refractivity contribution is 9.10. The first-order valence-corrected chi connectivity index (χ1v) is 10.9. The lowest BCUT2D eigenvalue weighted by Crippen LogP contribution is -2.51. The van der Waals surface area contributed by atoms with Crippen LogP contribution in [0.5, 0.6) is 11.5 Å². The lowest BCUT2D eigenvalue weighted by atomic mass is 9.95. The number of phenols is 1. The summed E-state index contributed by atoms with van der Waals surface area (Å²) < 4.78 is 11.1. The van der Waals surface area contributed by atoms with Gasteiger partial charge in [0, 0.05) is 23.6 Å². The molecule has 29 heavy (non-hydrogen) atoms. The van der Waals surface area contributed by atoms with Crippen LogP contribution >= 0.6 is 15.9 Å². The smallest absolute Gasteiger partial charge is 0.410 e. The first-order chi connectivity index (χ1) is 13.8. The Labute approximate surface area is 180 Å². The summed E-state index contributed by atoms with van der Waals surface area (Å²) >= 11 is 3.41. The number of hydrogen-bond donors (Lipinski definition) is 1. The molecule has 0 spiro atoms. The number of aromatic hydroxyl groups is 1. The van der Waals surface area contributed by atoms with Crippen LogP contribution in [0.3, 0.4) is 0 Å². The molecular formula is C21H29BrN2O5. The topological polar surface area (TPSA) is 79.3 Å². The van der Waals surface area contributed by atoms with Crippen LogP contribution < -0.4 is 4.74 Å². The first kappa shape index (κ1) is 21.7. The van der Waals surface area contributed by atoms with Gasteiger partial charge in [0.2, 0.25) is 5.91 Å². The van der Waals surface area contributed by atoms with Gasteiger partial charge >= 0.3 is 6.09 Å². The normalized spacial score (nSPS) is 21.2. The molecule has 1 N–H and O–H groups in total. The van der Waals surface area contributed by atoms with Gasteiger partial charge in [0.1, 0.15) is 6.61 Å². The highest BCUT2D eigenvalue weighted by Crippen LogP contribution is 2.33. The van der Waals surface area contributed by atoms with Crippen LogP contribution in [0.2, 0.25) is 0 Å². The fourth-order valence-electron chi connectivity index (χ4n) is 4.13. The van der Waals surface area contributed by atoms with E-state index in [9.17, 15) is 14.7 Å². The van der Waals surface area contributed by atoms with Crippen LogP contribution in [0.15, 0.2) is 16.6 Å². The number of nitrogens with zero attached hydrogens (tertiary/aromatic N) is 2. The molecule has 1 aromatic carbocycles. The van der Waals surface area contributed by atoms with Crippen LogP contribution in [0.4, 0.5) is 4.79 Å². The predicted molar refractivity (Wildman–Crippen MR) is 112 cm³/mol. The van der Waals surface area contributed by atoms with E-state index < -0.39 is 0 Å². The number of piperidine rings is 1. The van der Waals surface area contributed by atoms with Crippen molar-refractivity contribution in [3.63, 3.8) is 0 Å². The number of hydrogen-bond acceptors (Lipinski definition) is 5. The van der Waals surface area contributed by atoms with E-state index in [1.165, 1.54) is 7.11 Å². The molecule has 3 rings (SSSR count). The zero-order valence-electron chi connectivity index (χ0n) is 17.2. The van der Waals surface area contributed by atoms with Crippen LogP contribution in [0.1, 0.15) is 38.7 Å². The number of rotatable bonds is 6. The molecule has 2 atom stereocenters. The molecule has 2 saturated heterocycles. The Morgan fingerprint density at radius 1 is 1.38 bits per heavy atom. The molecule has 8 heteroatoms.